The minimum Gasteiger partial charge on any atom is -0.490 e. The molecule has 0 bridgehead atoms. The van der Waals surface area contributed by atoms with Crippen LogP contribution in [0.15, 0.2) is 30.6 Å². The summed E-state index contributed by atoms with van der Waals surface area (Å²) >= 11 is 0. The van der Waals surface area contributed by atoms with Gasteiger partial charge in [0.1, 0.15) is 6.07 Å². The van der Waals surface area contributed by atoms with Crippen molar-refractivity contribution >= 4 is 10.0 Å². The number of nitrogens with zero attached hydrogens (tertiary/aromatic N) is 3. The van der Waals surface area contributed by atoms with Gasteiger partial charge in [0.2, 0.25) is 15.9 Å². The Morgan fingerprint density at radius 3 is 2.83 bits per heavy atom. The smallest absolute Gasteiger partial charge is 0.248 e. The van der Waals surface area contributed by atoms with Crippen LogP contribution in [0.2, 0.25) is 0 Å². The van der Waals surface area contributed by atoms with Crippen LogP contribution in [-0.2, 0) is 10.0 Å². The van der Waals surface area contributed by atoms with Crippen LogP contribution in [0.1, 0.15) is 31.7 Å². The SMILES string of the molecule is CCS(=O)(=O)N[C@H]1CCC(F)(F)C[C@H]1COc1ccc(-n2cc(C#N)cn2)cc1F. The maximum Gasteiger partial charge on any atom is 0.248 e. The van der Waals surface area contributed by atoms with Crippen molar-refractivity contribution in [1.82, 2.24) is 14.5 Å². The van der Waals surface area contributed by atoms with Crippen LogP contribution in [0.4, 0.5) is 13.2 Å². The Balaban J connectivity index is 1.72. The number of hydrogen-bond acceptors (Lipinski definition) is 5. The molecule has 0 spiro atoms. The van der Waals surface area contributed by atoms with E-state index < -0.39 is 46.6 Å². The predicted molar refractivity (Wildman–Crippen MR) is 102 cm³/mol. The first-order valence-corrected chi connectivity index (χ1v) is 11.0. The van der Waals surface area contributed by atoms with Gasteiger partial charge in [0.25, 0.3) is 0 Å². The molecular weight excluding hydrogens is 421 g/mol. The Labute approximate surface area is 172 Å². The standard InChI is InChI=1S/C19H21F3N4O3S/c1-2-30(27,28)25-17-5-6-19(21,22)8-14(17)12-29-18-4-3-15(7-16(18)20)26-11-13(9-23)10-24-26/h3-4,7,10-11,14,17,25H,2,5-6,8,12H2,1H3/t14-,17-/m0/s1. The molecule has 0 amide bonds. The fourth-order valence-electron chi connectivity index (χ4n) is 3.34. The van der Waals surface area contributed by atoms with Crippen molar-refractivity contribution in [2.75, 3.05) is 12.4 Å². The number of benzene rings is 1. The normalized spacial score (nSPS) is 21.2. The third-order valence-corrected chi connectivity index (χ3v) is 6.43. The second-order valence-corrected chi connectivity index (χ2v) is 9.24. The van der Waals surface area contributed by atoms with Gasteiger partial charge >= 0.3 is 0 Å². The van der Waals surface area contributed by atoms with Crippen molar-refractivity contribution in [3.63, 3.8) is 0 Å². The Morgan fingerprint density at radius 1 is 1.43 bits per heavy atom. The lowest BCUT2D eigenvalue weighted by Crippen LogP contribution is -2.48. The van der Waals surface area contributed by atoms with E-state index in [-0.39, 0.29) is 24.5 Å². The van der Waals surface area contributed by atoms with Crippen LogP contribution >= 0.6 is 0 Å². The first-order chi connectivity index (χ1) is 14.1. The van der Waals surface area contributed by atoms with Gasteiger partial charge < -0.3 is 4.74 Å². The molecule has 0 aliphatic heterocycles. The molecular formula is C19H21F3N4O3S. The van der Waals surface area contributed by atoms with Crippen molar-refractivity contribution in [2.24, 2.45) is 5.92 Å². The van der Waals surface area contributed by atoms with Gasteiger partial charge in [-0.2, -0.15) is 10.4 Å². The number of nitrogens with one attached hydrogen (secondary N) is 1. The molecule has 0 saturated heterocycles. The van der Waals surface area contributed by atoms with Crippen LogP contribution in [0.3, 0.4) is 0 Å². The number of sulfonamides is 1. The maximum absolute atomic E-state index is 14.5. The zero-order chi connectivity index (χ0) is 21.9. The zero-order valence-electron chi connectivity index (χ0n) is 16.2. The molecule has 162 valence electrons. The molecule has 1 aliphatic rings. The molecule has 1 heterocycles. The summed E-state index contributed by atoms with van der Waals surface area (Å²) in [6.07, 6.45) is 1.78. The summed E-state index contributed by atoms with van der Waals surface area (Å²) in [5.41, 5.74) is 0.675. The second kappa shape index (κ2) is 8.65. The highest BCUT2D eigenvalue weighted by atomic mass is 32.2. The minimum absolute atomic E-state index is 0.0256. The van der Waals surface area contributed by atoms with Crippen molar-refractivity contribution in [2.45, 2.75) is 38.2 Å². The average molecular weight is 442 g/mol. The summed E-state index contributed by atoms with van der Waals surface area (Å²) in [4.78, 5) is 0. The summed E-state index contributed by atoms with van der Waals surface area (Å²) in [6.45, 7) is 1.20. The summed E-state index contributed by atoms with van der Waals surface area (Å²) in [6, 6.07) is 5.22. The first-order valence-electron chi connectivity index (χ1n) is 9.38. The van der Waals surface area contributed by atoms with Gasteiger partial charge in [0.05, 0.1) is 29.8 Å². The number of ether oxygens (including phenoxy) is 1. The maximum atomic E-state index is 14.5. The molecule has 1 N–H and O–H groups in total. The van der Waals surface area contributed by atoms with Crippen LogP contribution in [0, 0.1) is 23.1 Å². The van der Waals surface area contributed by atoms with Crippen LogP contribution in [0.25, 0.3) is 5.69 Å². The molecule has 7 nitrogen and oxygen atoms in total. The monoisotopic (exact) mass is 442 g/mol. The fourth-order valence-corrected chi connectivity index (χ4v) is 4.28. The molecule has 2 atom stereocenters. The average Bonchev–Trinajstić information content (AvgIpc) is 3.18. The highest BCUT2D eigenvalue weighted by molar-refractivity contribution is 7.89. The van der Waals surface area contributed by atoms with Crippen LogP contribution in [-0.4, -0.2) is 42.5 Å². The lowest BCUT2D eigenvalue weighted by Gasteiger charge is -2.36. The lowest BCUT2D eigenvalue weighted by molar-refractivity contribution is -0.0662. The number of alkyl halides is 2. The van der Waals surface area contributed by atoms with Crippen molar-refractivity contribution in [1.29, 1.82) is 5.26 Å². The molecule has 1 aromatic carbocycles. The molecule has 0 radical (unpaired) electrons. The minimum atomic E-state index is -3.57. The van der Waals surface area contributed by atoms with E-state index in [9.17, 15) is 21.6 Å². The number of halogens is 3. The van der Waals surface area contributed by atoms with Gasteiger partial charge in [0.15, 0.2) is 11.6 Å². The Hall–Kier alpha value is -2.58. The Morgan fingerprint density at radius 2 is 2.20 bits per heavy atom. The van der Waals surface area contributed by atoms with E-state index in [1.807, 2.05) is 6.07 Å². The van der Waals surface area contributed by atoms with Gasteiger partial charge in [0, 0.05) is 37.1 Å². The zero-order valence-corrected chi connectivity index (χ0v) is 17.0. The fraction of sp³-hybridized carbons (Fsp3) is 0.474. The highest BCUT2D eigenvalue weighted by Crippen LogP contribution is 2.37. The van der Waals surface area contributed by atoms with E-state index in [0.717, 1.165) is 6.07 Å². The summed E-state index contributed by atoms with van der Waals surface area (Å²) in [5, 5.41) is 12.8. The number of aromatic nitrogens is 2. The van der Waals surface area contributed by atoms with Crippen molar-refractivity contribution in [3.05, 3.63) is 42.0 Å². The molecule has 11 heteroatoms. The van der Waals surface area contributed by atoms with Gasteiger partial charge in [-0.05, 0) is 25.5 Å². The highest BCUT2D eigenvalue weighted by Gasteiger charge is 2.42. The summed E-state index contributed by atoms with van der Waals surface area (Å²) in [7, 11) is -3.57. The molecule has 2 aromatic rings. The number of hydrogen-bond donors (Lipinski definition) is 1. The predicted octanol–water partition coefficient (Wildman–Crippen LogP) is 3.01. The van der Waals surface area contributed by atoms with Crippen molar-refractivity contribution in [3.8, 4) is 17.5 Å². The number of rotatable bonds is 7. The molecule has 1 aromatic heterocycles. The Bertz CT molecular complexity index is 1050. The van der Waals surface area contributed by atoms with Gasteiger partial charge in [-0.25, -0.2) is 31.0 Å². The quantitative estimate of drug-likeness (QED) is 0.711. The van der Waals surface area contributed by atoms with Gasteiger partial charge in [-0.1, -0.05) is 0 Å². The van der Waals surface area contributed by atoms with E-state index in [4.69, 9.17) is 10.00 Å². The van der Waals surface area contributed by atoms with E-state index in [1.165, 1.54) is 36.1 Å². The van der Waals surface area contributed by atoms with E-state index in [0.29, 0.717) is 11.3 Å². The largest absolute Gasteiger partial charge is 0.490 e. The molecule has 1 saturated carbocycles. The van der Waals surface area contributed by atoms with E-state index >= 15 is 0 Å². The molecule has 0 unspecified atom stereocenters. The molecule has 3 rings (SSSR count). The van der Waals surface area contributed by atoms with Crippen LogP contribution < -0.4 is 9.46 Å². The van der Waals surface area contributed by atoms with E-state index in [2.05, 4.69) is 9.82 Å². The van der Waals surface area contributed by atoms with Crippen LogP contribution in [0.5, 0.6) is 5.75 Å². The third kappa shape index (κ3) is 5.31. The van der Waals surface area contributed by atoms with Crippen molar-refractivity contribution < 1.29 is 26.3 Å². The number of nitriles is 1. The first kappa shape index (κ1) is 22.1. The summed E-state index contributed by atoms with van der Waals surface area (Å²) < 4.78 is 75.2. The van der Waals surface area contributed by atoms with Gasteiger partial charge in [-0.3, -0.25) is 0 Å². The molecule has 30 heavy (non-hydrogen) atoms. The topological polar surface area (TPSA) is 97.0 Å². The second-order valence-electron chi connectivity index (χ2n) is 7.20. The Kier molecular flexibility index (Phi) is 6.38. The molecule has 1 fully saturated rings. The lowest BCUT2D eigenvalue weighted by atomic mass is 9.83. The molecule has 1 aliphatic carbocycles. The third-order valence-electron chi connectivity index (χ3n) is 5.01. The van der Waals surface area contributed by atoms with E-state index in [1.54, 1.807) is 0 Å². The summed E-state index contributed by atoms with van der Waals surface area (Å²) in [5.74, 6) is -4.77. The van der Waals surface area contributed by atoms with Gasteiger partial charge in [-0.15, -0.1) is 0 Å².